The molecule has 2 atom stereocenters. The molecule has 2 unspecified atom stereocenters. The van der Waals surface area contributed by atoms with E-state index in [9.17, 15) is 4.79 Å². The van der Waals surface area contributed by atoms with Crippen LogP contribution >= 0.6 is 11.6 Å². The zero-order chi connectivity index (χ0) is 14.8. The van der Waals surface area contributed by atoms with Gasteiger partial charge in [-0.3, -0.25) is 4.79 Å². The van der Waals surface area contributed by atoms with Gasteiger partial charge in [-0.2, -0.15) is 0 Å². The van der Waals surface area contributed by atoms with Crippen LogP contribution in [0.2, 0.25) is 5.02 Å². The minimum absolute atomic E-state index is 0.116. The number of anilines is 1. The molecular formula is C17H19ClN2O. The molecule has 21 heavy (non-hydrogen) atoms. The van der Waals surface area contributed by atoms with Crippen LogP contribution in [0.4, 0.5) is 5.69 Å². The quantitative estimate of drug-likeness (QED) is 0.825. The van der Waals surface area contributed by atoms with Crippen LogP contribution in [0.5, 0.6) is 0 Å². The van der Waals surface area contributed by atoms with Crippen LogP contribution in [0.1, 0.15) is 31.2 Å². The molecule has 2 aliphatic rings. The lowest BCUT2D eigenvalue weighted by Crippen LogP contribution is -2.16. The molecule has 1 amide bonds. The molecule has 3 nitrogen and oxygen atoms in total. The standard InChI is InChI=1S/C17H19ClN2O/c18-12-8-7-11(4-3-9-19)15(10-12)20-17(21)16-13-5-1-2-6-14(13)16/h7-8,10,13-14,16H,1-2,5-6,9,19H2,(H,20,21). The fourth-order valence-electron chi connectivity index (χ4n) is 3.47. The molecule has 1 aromatic carbocycles. The Morgan fingerprint density at radius 3 is 2.71 bits per heavy atom. The van der Waals surface area contributed by atoms with Gasteiger partial charge in [0.25, 0.3) is 0 Å². The van der Waals surface area contributed by atoms with Crippen molar-refractivity contribution >= 4 is 23.2 Å². The van der Waals surface area contributed by atoms with E-state index in [1.54, 1.807) is 12.1 Å². The van der Waals surface area contributed by atoms with Crippen LogP contribution in [0.3, 0.4) is 0 Å². The van der Waals surface area contributed by atoms with Gasteiger partial charge in [-0.15, -0.1) is 0 Å². The highest BCUT2D eigenvalue weighted by molar-refractivity contribution is 6.31. The number of fused-ring (bicyclic) bond motifs is 1. The third-order valence-corrected chi connectivity index (χ3v) is 4.76. The number of halogens is 1. The number of nitrogens with two attached hydrogens (primary N) is 1. The predicted octanol–water partition coefficient (Wildman–Crippen LogP) is 3.02. The molecule has 0 saturated heterocycles. The molecule has 0 bridgehead atoms. The van der Waals surface area contributed by atoms with Gasteiger partial charge in [0, 0.05) is 16.5 Å². The Balaban J connectivity index is 1.75. The average Bonchev–Trinajstić information content (AvgIpc) is 3.21. The van der Waals surface area contributed by atoms with Crippen LogP contribution in [-0.2, 0) is 4.79 Å². The maximum Gasteiger partial charge on any atom is 0.228 e. The van der Waals surface area contributed by atoms with Crippen molar-refractivity contribution in [1.29, 1.82) is 0 Å². The number of amides is 1. The van der Waals surface area contributed by atoms with E-state index in [0.717, 1.165) is 5.56 Å². The molecule has 3 N–H and O–H groups in total. The molecule has 110 valence electrons. The number of hydrogen-bond acceptors (Lipinski definition) is 2. The van der Waals surface area contributed by atoms with Crippen molar-refractivity contribution in [3.63, 3.8) is 0 Å². The summed E-state index contributed by atoms with van der Waals surface area (Å²) < 4.78 is 0. The second kappa shape index (κ2) is 6.09. The van der Waals surface area contributed by atoms with Gasteiger partial charge in [0.15, 0.2) is 0 Å². The number of hydrogen-bond donors (Lipinski definition) is 2. The van der Waals surface area contributed by atoms with Crippen LogP contribution in [0.15, 0.2) is 18.2 Å². The Morgan fingerprint density at radius 2 is 2.05 bits per heavy atom. The summed E-state index contributed by atoms with van der Waals surface area (Å²) in [7, 11) is 0. The summed E-state index contributed by atoms with van der Waals surface area (Å²) in [6, 6.07) is 5.35. The summed E-state index contributed by atoms with van der Waals surface area (Å²) in [5.74, 6) is 7.28. The SMILES string of the molecule is NCC#Cc1ccc(Cl)cc1NC(=O)C1C2CCCCC21. The molecule has 3 rings (SSSR count). The average molecular weight is 303 g/mol. The largest absolute Gasteiger partial charge is 0.325 e. The first-order chi connectivity index (χ1) is 10.2. The first-order valence-electron chi connectivity index (χ1n) is 7.50. The van der Waals surface area contributed by atoms with Gasteiger partial charge in [-0.1, -0.05) is 36.3 Å². The third-order valence-electron chi connectivity index (χ3n) is 4.52. The number of carbonyl (C=O) groups excluding carboxylic acids is 1. The summed E-state index contributed by atoms with van der Waals surface area (Å²) in [6.07, 6.45) is 4.90. The summed E-state index contributed by atoms with van der Waals surface area (Å²) in [5.41, 5.74) is 6.87. The number of rotatable bonds is 2. The van der Waals surface area contributed by atoms with Crippen molar-refractivity contribution in [3.8, 4) is 11.8 Å². The van der Waals surface area contributed by atoms with Crippen LogP contribution in [0, 0.1) is 29.6 Å². The highest BCUT2D eigenvalue weighted by Crippen LogP contribution is 2.55. The van der Waals surface area contributed by atoms with Crippen molar-refractivity contribution < 1.29 is 4.79 Å². The van der Waals surface area contributed by atoms with Gasteiger partial charge in [0.1, 0.15) is 0 Å². The second-order valence-corrected chi connectivity index (χ2v) is 6.26. The molecule has 2 fully saturated rings. The molecule has 0 heterocycles. The Morgan fingerprint density at radius 1 is 1.33 bits per heavy atom. The zero-order valence-corrected chi connectivity index (χ0v) is 12.6. The van der Waals surface area contributed by atoms with Crippen molar-refractivity contribution in [2.75, 3.05) is 11.9 Å². The van der Waals surface area contributed by atoms with E-state index in [-0.39, 0.29) is 11.8 Å². The van der Waals surface area contributed by atoms with Gasteiger partial charge < -0.3 is 11.1 Å². The lowest BCUT2D eigenvalue weighted by molar-refractivity contribution is -0.117. The van der Waals surface area contributed by atoms with Gasteiger partial charge in [-0.25, -0.2) is 0 Å². The normalized spacial score (nSPS) is 26.3. The zero-order valence-electron chi connectivity index (χ0n) is 11.9. The summed E-state index contributed by atoms with van der Waals surface area (Å²) in [4.78, 5) is 12.5. The third kappa shape index (κ3) is 3.07. The first kappa shape index (κ1) is 14.4. The lowest BCUT2D eigenvalue weighted by Gasteiger charge is -2.08. The van der Waals surface area contributed by atoms with Crippen molar-refractivity contribution in [1.82, 2.24) is 0 Å². The van der Waals surface area contributed by atoms with Gasteiger partial charge in [0.2, 0.25) is 5.91 Å². The lowest BCUT2D eigenvalue weighted by atomic mass is 10.0. The van der Waals surface area contributed by atoms with E-state index in [2.05, 4.69) is 17.2 Å². The fraction of sp³-hybridized carbons (Fsp3) is 0.471. The smallest absolute Gasteiger partial charge is 0.228 e. The fourth-order valence-corrected chi connectivity index (χ4v) is 3.64. The van der Waals surface area contributed by atoms with E-state index in [4.69, 9.17) is 17.3 Å². The van der Waals surface area contributed by atoms with Crippen LogP contribution in [-0.4, -0.2) is 12.5 Å². The van der Waals surface area contributed by atoms with Gasteiger partial charge in [0.05, 0.1) is 12.2 Å². The van der Waals surface area contributed by atoms with Gasteiger partial charge >= 0.3 is 0 Å². The van der Waals surface area contributed by atoms with Crippen molar-refractivity contribution in [2.45, 2.75) is 25.7 Å². The highest BCUT2D eigenvalue weighted by Gasteiger charge is 2.54. The highest BCUT2D eigenvalue weighted by atomic mass is 35.5. The summed E-state index contributed by atoms with van der Waals surface area (Å²) in [6.45, 7) is 0.294. The van der Waals surface area contributed by atoms with E-state index >= 15 is 0 Å². The number of carbonyl (C=O) groups is 1. The minimum atomic E-state index is 0.116. The molecule has 0 radical (unpaired) electrons. The van der Waals surface area contributed by atoms with E-state index in [1.807, 2.05) is 6.07 Å². The molecule has 1 aromatic rings. The number of nitrogens with one attached hydrogen (secondary N) is 1. The monoisotopic (exact) mass is 302 g/mol. The minimum Gasteiger partial charge on any atom is -0.325 e. The van der Waals surface area contributed by atoms with Crippen molar-refractivity contribution in [3.05, 3.63) is 28.8 Å². The molecular weight excluding hydrogens is 284 g/mol. The second-order valence-electron chi connectivity index (χ2n) is 5.82. The Bertz CT molecular complexity index is 605. The Hall–Kier alpha value is -1.50. The van der Waals surface area contributed by atoms with E-state index < -0.39 is 0 Å². The van der Waals surface area contributed by atoms with E-state index in [0.29, 0.717) is 29.1 Å². The maximum atomic E-state index is 12.5. The summed E-state index contributed by atoms with van der Waals surface area (Å²) >= 11 is 6.03. The Kier molecular flexibility index (Phi) is 4.19. The summed E-state index contributed by atoms with van der Waals surface area (Å²) in [5, 5.41) is 3.61. The molecule has 2 saturated carbocycles. The molecule has 4 heteroatoms. The first-order valence-corrected chi connectivity index (χ1v) is 7.88. The van der Waals surface area contributed by atoms with Crippen molar-refractivity contribution in [2.24, 2.45) is 23.5 Å². The predicted molar refractivity (Wildman–Crippen MR) is 85.0 cm³/mol. The molecule has 2 aliphatic carbocycles. The number of benzene rings is 1. The van der Waals surface area contributed by atoms with Crippen LogP contribution < -0.4 is 11.1 Å². The molecule has 0 spiro atoms. The Labute approximate surface area is 130 Å². The van der Waals surface area contributed by atoms with E-state index in [1.165, 1.54) is 25.7 Å². The van der Waals surface area contributed by atoms with Crippen LogP contribution in [0.25, 0.3) is 0 Å². The van der Waals surface area contributed by atoms with Gasteiger partial charge in [-0.05, 0) is 42.9 Å². The molecule has 0 aliphatic heterocycles. The topological polar surface area (TPSA) is 55.1 Å². The molecule has 0 aromatic heterocycles. The maximum absolute atomic E-state index is 12.5.